The van der Waals surface area contributed by atoms with Crippen LogP contribution >= 0.6 is 0 Å². The highest BCUT2D eigenvalue weighted by Crippen LogP contribution is 2.65. The molecule has 18 heavy (non-hydrogen) atoms. The van der Waals surface area contributed by atoms with Crippen LogP contribution in [0.15, 0.2) is 0 Å². The molecule has 0 saturated heterocycles. The van der Waals surface area contributed by atoms with Crippen molar-refractivity contribution in [1.29, 1.82) is 0 Å². The van der Waals surface area contributed by atoms with Crippen LogP contribution in [0.5, 0.6) is 0 Å². The Balaban J connectivity index is 2.02. The molecule has 4 atom stereocenters. The molecule has 3 nitrogen and oxygen atoms in total. The average Bonchev–Trinajstić information content (AvgIpc) is 2.62. The van der Waals surface area contributed by atoms with Gasteiger partial charge in [-0.25, -0.2) is 0 Å². The van der Waals surface area contributed by atoms with Crippen LogP contribution in [0.25, 0.3) is 0 Å². The number of nitrogens with one attached hydrogen (secondary N) is 2. The van der Waals surface area contributed by atoms with E-state index in [1.807, 2.05) is 13.8 Å². The Labute approximate surface area is 111 Å². The Morgan fingerprint density at radius 1 is 1.39 bits per heavy atom. The molecule has 104 valence electrons. The zero-order valence-corrected chi connectivity index (χ0v) is 12.5. The van der Waals surface area contributed by atoms with Crippen LogP contribution < -0.4 is 10.6 Å². The lowest BCUT2D eigenvalue weighted by Crippen LogP contribution is -2.52. The summed E-state index contributed by atoms with van der Waals surface area (Å²) >= 11 is 0. The van der Waals surface area contributed by atoms with Crippen molar-refractivity contribution in [3.05, 3.63) is 0 Å². The van der Waals surface area contributed by atoms with E-state index in [0.29, 0.717) is 23.4 Å². The Morgan fingerprint density at radius 3 is 2.50 bits per heavy atom. The van der Waals surface area contributed by atoms with Gasteiger partial charge >= 0.3 is 0 Å². The lowest BCUT2D eigenvalue weighted by atomic mass is 9.69. The molecule has 2 bridgehead atoms. The fourth-order valence-corrected chi connectivity index (χ4v) is 4.16. The quantitative estimate of drug-likeness (QED) is 0.806. The van der Waals surface area contributed by atoms with Gasteiger partial charge in [0.25, 0.3) is 0 Å². The van der Waals surface area contributed by atoms with E-state index >= 15 is 0 Å². The van der Waals surface area contributed by atoms with Gasteiger partial charge < -0.3 is 10.6 Å². The van der Waals surface area contributed by atoms with E-state index in [1.54, 1.807) is 0 Å². The summed E-state index contributed by atoms with van der Waals surface area (Å²) in [5, 5.41) is 6.47. The van der Waals surface area contributed by atoms with Gasteiger partial charge in [-0.15, -0.1) is 0 Å². The monoisotopic (exact) mass is 252 g/mol. The minimum atomic E-state index is -0.0816. The van der Waals surface area contributed by atoms with Crippen LogP contribution in [0.3, 0.4) is 0 Å². The van der Waals surface area contributed by atoms with E-state index in [9.17, 15) is 4.79 Å². The van der Waals surface area contributed by atoms with Gasteiger partial charge in [0.1, 0.15) is 0 Å². The van der Waals surface area contributed by atoms with Crippen LogP contribution in [0.4, 0.5) is 0 Å². The van der Waals surface area contributed by atoms with Crippen LogP contribution in [-0.2, 0) is 4.79 Å². The van der Waals surface area contributed by atoms with Crippen LogP contribution in [-0.4, -0.2) is 24.5 Å². The highest BCUT2D eigenvalue weighted by Gasteiger charge is 2.61. The molecule has 2 N–H and O–H groups in total. The second kappa shape index (κ2) is 4.52. The lowest BCUT2D eigenvalue weighted by Gasteiger charge is -2.40. The summed E-state index contributed by atoms with van der Waals surface area (Å²) in [4.78, 5) is 11.8. The molecular weight excluding hydrogens is 224 g/mol. The van der Waals surface area contributed by atoms with Gasteiger partial charge in [-0.3, -0.25) is 4.79 Å². The fourth-order valence-electron chi connectivity index (χ4n) is 4.16. The lowest BCUT2D eigenvalue weighted by molar-refractivity contribution is -0.123. The third kappa shape index (κ3) is 1.87. The first kappa shape index (κ1) is 13.9. The molecule has 2 rings (SSSR count). The first-order valence-corrected chi connectivity index (χ1v) is 7.36. The summed E-state index contributed by atoms with van der Waals surface area (Å²) in [7, 11) is 0. The average molecular weight is 252 g/mol. The molecule has 2 fully saturated rings. The standard InChI is InChI=1S/C15H28N2O/c1-6-16-13(18)10(2)17-12-9-11-7-8-15(12,5)14(11,3)4/h10-12,17H,6-9H2,1-5H3,(H,16,18). The van der Waals surface area contributed by atoms with Gasteiger partial charge in [0.2, 0.25) is 5.91 Å². The molecule has 0 radical (unpaired) electrons. The maximum atomic E-state index is 11.8. The highest BCUT2D eigenvalue weighted by molar-refractivity contribution is 5.81. The molecule has 2 aliphatic rings. The Bertz CT molecular complexity index is 339. The van der Waals surface area contributed by atoms with E-state index in [0.717, 1.165) is 5.92 Å². The van der Waals surface area contributed by atoms with E-state index in [2.05, 4.69) is 31.4 Å². The van der Waals surface area contributed by atoms with Gasteiger partial charge in [-0.1, -0.05) is 20.8 Å². The van der Waals surface area contributed by atoms with Crippen LogP contribution in [0.1, 0.15) is 53.9 Å². The van der Waals surface area contributed by atoms with Crippen molar-refractivity contribution in [2.45, 2.75) is 66.0 Å². The normalized spacial score (nSPS) is 38.7. The molecule has 0 aliphatic heterocycles. The second-order valence-electron chi connectivity index (χ2n) is 6.95. The molecule has 0 aromatic rings. The molecule has 1 amide bonds. The zero-order valence-electron chi connectivity index (χ0n) is 12.5. The van der Waals surface area contributed by atoms with Gasteiger partial charge in [-0.05, 0) is 49.9 Å². The number of amides is 1. The number of carbonyl (C=O) groups excluding carboxylic acids is 1. The molecular formula is C15H28N2O. The largest absolute Gasteiger partial charge is 0.355 e. The molecule has 0 aromatic carbocycles. The predicted octanol–water partition coefficient (Wildman–Crippen LogP) is 2.32. The topological polar surface area (TPSA) is 41.1 Å². The third-order valence-corrected chi connectivity index (χ3v) is 5.99. The highest BCUT2D eigenvalue weighted by atomic mass is 16.2. The zero-order chi connectivity index (χ0) is 13.6. The fraction of sp³-hybridized carbons (Fsp3) is 0.933. The molecule has 3 heteroatoms. The van der Waals surface area contributed by atoms with Crippen molar-refractivity contribution in [2.24, 2.45) is 16.7 Å². The smallest absolute Gasteiger partial charge is 0.236 e. The molecule has 0 spiro atoms. The van der Waals surface area contributed by atoms with Crippen LogP contribution in [0.2, 0.25) is 0 Å². The van der Waals surface area contributed by atoms with Crippen molar-refractivity contribution in [2.75, 3.05) is 6.54 Å². The van der Waals surface area contributed by atoms with Crippen molar-refractivity contribution in [3.8, 4) is 0 Å². The van der Waals surface area contributed by atoms with Gasteiger partial charge in [-0.2, -0.15) is 0 Å². The maximum absolute atomic E-state index is 11.8. The minimum absolute atomic E-state index is 0.0816. The van der Waals surface area contributed by atoms with Gasteiger partial charge in [0, 0.05) is 12.6 Å². The van der Waals surface area contributed by atoms with Crippen molar-refractivity contribution in [1.82, 2.24) is 10.6 Å². The third-order valence-electron chi connectivity index (χ3n) is 5.99. The summed E-state index contributed by atoms with van der Waals surface area (Å²) in [5.74, 6) is 0.947. The second-order valence-corrected chi connectivity index (χ2v) is 6.95. The molecule has 2 saturated carbocycles. The number of hydrogen-bond donors (Lipinski definition) is 2. The van der Waals surface area contributed by atoms with Crippen molar-refractivity contribution >= 4 is 5.91 Å². The number of likely N-dealkylation sites (N-methyl/N-ethyl adjacent to an activating group) is 1. The van der Waals surface area contributed by atoms with Crippen LogP contribution in [0, 0.1) is 16.7 Å². The van der Waals surface area contributed by atoms with E-state index in [1.165, 1.54) is 19.3 Å². The summed E-state index contributed by atoms with van der Waals surface area (Å²) in [6.45, 7) is 11.9. The summed E-state index contributed by atoms with van der Waals surface area (Å²) < 4.78 is 0. The van der Waals surface area contributed by atoms with Gasteiger partial charge in [0.15, 0.2) is 0 Å². The number of fused-ring (bicyclic) bond motifs is 2. The van der Waals surface area contributed by atoms with E-state index in [-0.39, 0.29) is 11.9 Å². The maximum Gasteiger partial charge on any atom is 0.236 e. The number of hydrogen-bond acceptors (Lipinski definition) is 2. The van der Waals surface area contributed by atoms with E-state index in [4.69, 9.17) is 0 Å². The Morgan fingerprint density at radius 2 is 2.06 bits per heavy atom. The van der Waals surface area contributed by atoms with Gasteiger partial charge in [0.05, 0.1) is 6.04 Å². The van der Waals surface area contributed by atoms with Crippen molar-refractivity contribution in [3.63, 3.8) is 0 Å². The van der Waals surface area contributed by atoms with E-state index < -0.39 is 0 Å². The van der Waals surface area contributed by atoms with Crippen molar-refractivity contribution < 1.29 is 4.79 Å². The number of carbonyl (C=O) groups is 1. The first-order chi connectivity index (χ1) is 8.33. The molecule has 0 aromatic heterocycles. The summed E-state index contributed by atoms with van der Waals surface area (Å²) in [6.07, 6.45) is 3.88. The molecule has 2 aliphatic carbocycles. The molecule has 0 heterocycles. The number of rotatable bonds is 4. The SMILES string of the molecule is CCNC(=O)C(C)NC1CC2CCC1(C)C2(C)C. The summed E-state index contributed by atoms with van der Waals surface area (Å²) in [6, 6.07) is 0.408. The molecule has 4 unspecified atom stereocenters. The summed E-state index contributed by atoms with van der Waals surface area (Å²) in [5.41, 5.74) is 0.754. The minimum Gasteiger partial charge on any atom is -0.355 e. The first-order valence-electron chi connectivity index (χ1n) is 7.36. The Kier molecular flexibility index (Phi) is 3.48. The Hall–Kier alpha value is -0.570. The predicted molar refractivity (Wildman–Crippen MR) is 74.3 cm³/mol.